The van der Waals surface area contributed by atoms with Crippen molar-refractivity contribution in [2.24, 2.45) is 11.7 Å². The average molecular weight is 354 g/mol. The summed E-state index contributed by atoms with van der Waals surface area (Å²) in [6.07, 6.45) is 5.69. The average Bonchev–Trinajstić information content (AvgIpc) is 3.31. The second kappa shape index (κ2) is 7.94. The molecule has 0 saturated heterocycles. The fourth-order valence-electron chi connectivity index (χ4n) is 3.42. The Kier molecular flexibility index (Phi) is 6.35. The van der Waals surface area contributed by atoms with Crippen LogP contribution in [0.15, 0.2) is 0 Å². The van der Waals surface area contributed by atoms with Crippen LogP contribution < -0.4 is 11.1 Å². The number of amides is 2. The fraction of sp³-hybridized carbons (Fsp3) is 0.895. The van der Waals surface area contributed by atoms with Crippen molar-refractivity contribution in [1.82, 2.24) is 10.2 Å². The Morgan fingerprint density at radius 2 is 1.72 bits per heavy atom. The molecule has 144 valence electrons. The van der Waals surface area contributed by atoms with Crippen LogP contribution in [0.5, 0.6) is 0 Å². The molecule has 2 saturated carbocycles. The van der Waals surface area contributed by atoms with E-state index in [1.807, 2.05) is 39.5 Å². The maximum atomic E-state index is 12.8. The van der Waals surface area contributed by atoms with E-state index >= 15 is 0 Å². The molecule has 6 nitrogen and oxygen atoms in total. The number of nitrogens with two attached hydrogens (primary N) is 1. The van der Waals surface area contributed by atoms with Crippen molar-refractivity contribution < 1.29 is 14.3 Å². The lowest BCUT2D eigenvalue weighted by molar-refractivity contribution is -0.124. The molecule has 2 aliphatic rings. The van der Waals surface area contributed by atoms with Gasteiger partial charge in [0.15, 0.2) is 0 Å². The highest BCUT2D eigenvalue weighted by atomic mass is 16.6. The van der Waals surface area contributed by atoms with Gasteiger partial charge in [0.05, 0.1) is 12.1 Å². The normalized spacial score (nSPS) is 25.4. The Bertz CT molecular complexity index is 483. The molecule has 0 aromatic heterocycles. The van der Waals surface area contributed by atoms with E-state index in [-0.39, 0.29) is 36.0 Å². The van der Waals surface area contributed by atoms with Crippen molar-refractivity contribution in [3.05, 3.63) is 0 Å². The zero-order valence-corrected chi connectivity index (χ0v) is 16.4. The lowest BCUT2D eigenvalue weighted by Crippen LogP contribution is -2.59. The molecule has 0 unspecified atom stereocenters. The van der Waals surface area contributed by atoms with E-state index in [9.17, 15) is 9.59 Å². The minimum Gasteiger partial charge on any atom is -0.444 e. The van der Waals surface area contributed by atoms with E-state index < -0.39 is 11.6 Å². The molecule has 0 spiro atoms. The van der Waals surface area contributed by atoms with E-state index in [1.165, 1.54) is 0 Å². The Balaban J connectivity index is 2.11. The molecule has 2 fully saturated rings. The van der Waals surface area contributed by atoms with Crippen LogP contribution >= 0.6 is 0 Å². The Labute approximate surface area is 151 Å². The first-order valence-corrected chi connectivity index (χ1v) is 9.67. The molecule has 0 heterocycles. The van der Waals surface area contributed by atoms with Gasteiger partial charge >= 0.3 is 6.09 Å². The number of carbonyl (C=O) groups excluding carboxylic acids is 2. The predicted octanol–water partition coefficient (Wildman–Crippen LogP) is 2.80. The standard InChI is InChI=1S/C19H35N3O3/c1-12(2)16(20)17(23)21-14-8-6-7-9-15(14)22(13-10-11-13)18(24)25-19(3,4)5/h12-16H,6-11,20H2,1-5H3,(H,21,23)/t14-,15+,16-/m0/s1. The molecule has 0 aromatic carbocycles. The van der Waals surface area contributed by atoms with E-state index in [4.69, 9.17) is 10.5 Å². The van der Waals surface area contributed by atoms with Crippen molar-refractivity contribution in [3.63, 3.8) is 0 Å². The predicted molar refractivity (Wildman–Crippen MR) is 98.1 cm³/mol. The monoisotopic (exact) mass is 353 g/mol. The molecule has 25 heavy (non-hydrogen) atoms. The van der Waals surface area contributed by atoms with Gasteiger partial charge in [-0.1, -0.05) is 26.7 Å². The van der Waals surface area contributed by atoms with Gasteiger partial charge in [-0.15, -0.1) is 0 Å². The van der Waals surface area contributed by atoms with E-state index in [1.54, 1.807) is 0 Å². The topological polar surface area (TPSA) is 84.7 Å². The number of nitrogens with zero attached hydrogens (tertiary/aromatic N) is 1. The van der Waals surface area contributed by atoms with Gasteiger partial charge in [-0.25, -0.2) is 4.79 Å². The minimum atomic E-state index is -0.516. The Morgan fingerprint density at radius 3 is 2.24 bits per heavy atom. The maximum Gasteiger partial charge on any atom is 0.410 e. The summed E-state index contributed by atoms with van der Waals surface area (Å²) in [5.74, 6) is -0.0285. The van der Waals surface area contributed by atoms with Crippen molar-refractivity contribution in [2.45, 2.75) is 103 Å². The fourth-order valence-corrected chi connectivity index (χ4v) is 3.42. The van der Waals surface area contributed by atoms with Crippen LogP contribution in [0, 0.1) is 5.92 Å². The third kappa shape index (κ3) is 5.59. The number of hydrogen-bond donors (Lipinski definition) is 2. The van der Waals surface area contributed by atoms with Gasteiger partial charge in [-0.05, 0) is 52.4 Å². The minimum absolute atomic E-state index is 0.000544. The summed E-state index contributed by atoms with van der Waals surface area (Å²) in [4.78, 5) is 27.1. The second-order valence-corrected chi connectivity index (χ2v) is 8.86. The van der Waals surface area contributed by atoms with Crippen molar-refractivity contribution >= 4 is 12.0 Å². The maximum absolute atomic E-state index is 12.8. The molecule has 3 N–H and O–H groups in total. The number of ether oxygens (including phenoxy) is 1. The zero-order valence-electron chi connectivity index (χ0n) is 16.4. The summed E-state index contributed by atoms with van der Waals surface area (Å²) in [5.41, 5.74) is 5.48. The summed E-state index contributed by atoms with van der Waals surface area (Å²) in [6, 6.07) is -0.312. The van der Waals surface area contributed by atoms with Crippen LogP contribution in [0.3, 0.4) is 0 Å². The lowest BCUT2D eigenvalue weighted by Gasteiger charge is -2.41. The Morgan fingerprint density at radius 1 is 1.12 bits per heavy atom. The first-order chi connectivity index (χ1) is 11.6. The smallest absolute Gasteiger partial charge is 0.410 e. The van der Waals surface area contributed by atoms with E-state index in [0.29, 0.717) is 0 Å². The summed E-state index contributed by atoms with van der Waals surface area (Å²) in [7, 11) is 0. The number of rotatable bonds is 5. The van der Waals surface area contributed by atoms with Gasteiger partial charge in [0.2, 0.25) is 5.91 Å². The molecule has 0 aliphatic heterocycles. The molecule has 2 rings (SSSR count). The van der Waals surface area contributed by atoms with Gasteiger partial charge in [-0.3, -0.25) is 4.79 Å². The van der Waals surface area contributed by atoms with Crippen LogP contribution in [-0.2, 0) is 9.53 Å². The van der Waals surface area contributed by atoms with Gasteiger partial charge < -0.3 is 20.7 Å². The molecule has 0 aromatic rings. The summed E-state index contributed by atoms with van der Waals surface area (Å²) in [5, 5.41) is 3.12. The highest BCUT2D eigenvalue weighted by Gasteiger charge is 2.43. The molecule has 0 radical (unpaired) electrons. The van der Waals surface area contributed by atoms with Crippen molar-refractivity contribution in [1.29, 1.82) is 0 Å². The third-order valence-electron chi connectivity index (χ3n) is 4.98. The van der Waals surface area contributed by atoms with Crippen LogP contribution in [-0.4, -0.2) is 46.7 Å². The molecular weight excluding hydrogens is 318 g/mol. The van der Waals surface area contributed by atoms with Crippen LogP contribution in [0.2, 0.25) is 0 Å². The van der Waals surface area contributed by atoms with Crippen LogP contribution in [0.25, 0.3) is 0 Å². The second-order valence-electron chi connectivity index (χ2n) is 8.86. The number of nitrogens with one attached hydrogen (secondary N) is 1. The highest BCUT2D eigenvalue weighted by Crippen LogP contribution is 2.35. The zero-order chi connectivity index (χ0) is 18.8. The van der Waals surface area contributed by atoms with E-state index in [2.05, 4.69) is 5.32 Å². The quantitative estimate of drug-likeness (QED) is 0.796. The van der Waals surface area contributed by atoms with Gasteiger partial charge in [0.25, 0.3) is 0 Å². The first kappa shape index (κ1) is 20.0. The van der Waals surface area contributed by atoms with E-state index in [0.717, 1.165) is 38.5 Å². The van der Waals surface area contributed by atoms with Gasteiger partial charge in [-0.2, -0.15) is 0 Å². The lowest BCUT2D eigenvalue weighted by atomic mass is 9.88. The Hall–Kier alpha value is -1.30. The summed E-state index contributed by atoms with van der Waals surface area (Å²) < 4.78 is 5.64. The summed E-state index contributed by atoms with van der Waals surface area (Å²) >= 11 is 0. The summed E-state index contributed by atoms with van der Waals surface area (Å²) in [6.45, 7) is 9.55. The molecule has 2 aliphatic carbocycles. The number of carbonyl (C=O) groups is 2. The third-order valence-corrected chi connectivity index (χ3v) is 4.98. The molecule has 3 atom stereocenters. The van der Waals surface area contributed by atoms with Gasteiger partial charge in [0, 0.05) is 12.1 Å². The molecule has 6 heteroatoms. The molecular formula is C19H35N3O3. The molecule has 0 bridgehead atoms. The molecule has 2 amide bonds. The highest BCUT2D eigenvalue weighted by molar-refractivity contribution is 5.82. The van der Waals surface area contributed by atoms with Crippen LogP contribution in [0.1, 0.15) is 73.1 Å². The first-order valence-electron chi connectivity index (χ1n) is 9.67. The largest absolute Gasteiger partial charge is 0.444 e. The van der Waals surface area contributed by atoms with Crippen LogP contribution in [0.4, 0.5) is 4.79 Å². The number of hydrogen-bond acceptors (Lipinski definition) is 4. The van der Waals surface area contributed by atoms with Crippen molar-refractivity contribution in [2.75, 3.05) is 0 Å². The van der Waals surface area contributed by atoms with Crippen molar-refractivity contribution in [3.8, 4) is 0 Å². The SMILES string of the molecule is CC(C)[C@H](N)C(=O)N[C@H]1CCCC[C@H]1N(C(=O)OC(C)(C)C)C1CC1. The van der Waals surface area contributed by atoms with Gasteiger partial charge in [0.1, 0.15) is 5.60 Å².